The van der Waals surface area contributed by atoms with Crippen LogP contribution in [0, 0.1) is 5.82 Å². The number of hydrogen-bond acceptors (Lipinski definition) is 2. The third kappa shape index (κ3) is 3.86. The first-order valence-corrected chi connectivity index (χ1v) is 10.1. The highest BCUT2D eigenvalue weighted by atomic mass is 35.5. The van der Waals surface area contributed by atoms with Gasteiger partial charge in [0.25, 0.3) is 5.56 Å². The zero-order valence-electron chi connectivity index (χ0n) is 16.3. The van der Waals surface area contributed by atoms with E-state index < -0.39 is 0 Å². The summed E-state index contributed by atoms with van der Waals surface area (Å²) in [5, 5.41) is 1.43. The van der Waals surface area contributed by atoms with Crippen LogP contribution in [0.5, 0.6) is 0 Å². The number of hydrogen-bond donors (Lipinski definition) is 1. The van der Waals surface area contributed by atoms with Crippen molar-refractivity contribution in [3.05, 3.63) is 112 Å². The molecule has 31 heavy (non-hydrogen) atoms. The molecule has 0 fully saturated rings. The van der Waals surface area contributed by atoms with Crippen LogP contribution < -0.4 is 5.56 Å². The number of benzene rings is 3. The average molecular weight is 427 g/mol. The summed E-state index contributed by atoms with van der Waals surface area (Å²) in [5.41, 5.74) is 4.81. The highest BCUT2D eigenvalue weighted by Crippen LogP contribution is 2.30. The standard InChI is InChI=1S/C26H16ClFN2O/c27-20-8-11-23-19(12-20)13-22(26(31)30-23)18-14-24(16-4-2-1-3-5-16)29-25(15-18)17-6-9-21(28)10-7-17/h1-15H,(H,30,31). The molecule has 3 nitrogen and oxygen atoms in total. The molecule has 5 heteroatoms. The zero-order chi connectivity index (χ0) is 21.4. The van der Waals surface area contributed by atoms with Gasteiger partial charge in [0.2, 0.25) is 0 Å². The van der Waals surface area contributed by atoms with Crippen LogP contribution >= 0.6 is 11.6 Å². The van der Waals surface area contributed by atoms with E-state index in [1.54, 1.807) is 24.3 Å². The van der Waals surface area contributed by atoms with Gasteiger partial charge in [0.15, 0.2) is 0 Å². The molecule has 0 unspecified atom stereocenters. The van der Waals surface area contributed by atoms with E-state index in [2.05, 4.69) is 4.98 Å². The number of halogens is 2. The van der Waals surface area contributed by atoms with E-state index in [9.17, 15) is 9.18 Å². The van der Waals surface area contributed by atoms with E-state index in [0.717, 1.165) is 27.8 Å². The van der Waals surface area contributed by atoms with Crippen LogP contribution in [0.2, 0.25) is 5.02 Å². The van der Waals surface area contributed by atoms with E-state index in [-0.39, 0.29) is 11.4 Å². The number of nitrogens with zero attached hydrogens (tertiary/aromatic N) is 1. The molecule has 5 aromatic rings. The van der Waals surface area contributed by atoms with Gasteiger partial charge in [0.1, 0.15) is 5.82 Å². The summed E-state index contributed by atoms with van der Waals surface area (Å²) in [4.78, 5) is 20.6. The van der Waals surface area contributed by atoms with Crippen LogP contribution in [0.4, 0.5) is 4.39 Å². The molecule has 0 aliphatic heterocycles. The monoisotopic (exact) mass is 426 g/mol. The molecule has 5 rings (SSSR count). The van der Waals surface area contributed by atoms with E-state index in [1.807, 2.05) is 54.6 Å². The first-order valence-electron chi connectivity index (χ1n) is 9.73. The summed E-state index contributed by atoms with van der Waals surface area (Å²) in [6.07, 6.45) is 0. The number of rotatable bonds is 3. The molecule has 1 N–H and O–H groups in total. The lowest BCUT2D eigenvalue weighted by Crippen LogP contribution is -2.09. The topological polar surface area (TPSA) is 45.8 Å². The lowest BCUT2D eigenvalue weighted by molar-refractivity contribution is 0.628. The van der Waals surface area contributed by atoms with Crippen molar-refractivity contribution in [1.82, 2.24) is 9.97 Å². The van der Waals surface area contributed by atoms with Crippen LogP contribution in [-0.4, -0.2) is 9.97 Å². The summed E-state index contributed by atoms with van der Waals surface area (Å²) in [7, 11) is 0. The zero-order valence-corrected chi connectivity index (χ0v) is 17.0. The molecule has 0 aliphatic carbocycles. The number of aromatic amines is 1. The molecule has 0 spiro atoms. The maximum atomic E-state index is 13.4. The predicted molar refractivity (Wildman–Crippen MR) is 124 cm³/mol. The van der Waals surface area contributed by atoms with Crippen molar-refractivity contribution in [2.45, 2.75) is 0 Å². The summed E-state index contributed by atoms with van der Waals surface area (Å²) in [6.45, 7) is 0. The molecule has 0 radical (unpaired) electrons. The molecule has 0 saturated carbocycles. The van der Waals surface area contributed by atoms with Gasteiger partial charge in [-0.3, -0.25) is 4.79 Å². The van der Waals surface area contributed by atoms with Gasteiger partial charge in [-0.25, -0.2) is 9.37 Å². The first kappa shape index (κ1) is 19.2. The van der Waals surface area contributed by atoms with E-state index >= 15 is 0 Å². The average Bonchev–Trinajstić information content (AvgIpc) is 2.79. The highest BCUT2D eigenvalue weighted by Gasteiger charge is 2.12. The minimum Gasteiger partial charge on any atom is -0.321 e. The fourth-order valence-corrected chi connectivity index (χ4v) is 3.78. The molecule has 2 aromatic heterocycles. The summed E-state index contributed by atoms with van der Waals surface area (Å²) in [6, 6.07) is 26.8. The Kier molecular flexibility index (Phi) is 4.85. The van der Waals surface area contributed by atoms with E-state index in [1.165, 1.54) is 12.1 Å². The maximum Gasteiger partial charge on any atom is 0.256 e. The number of pyridine rings is 2. The minimum atomic E-state index is -0.314. The van der Waals surface area contributed by atoms with Crippen molar-refractivity contribution in [3.8, 4) is 33.6 Å². The van der Waals surface area contributed by atoms with Crippen molar-refractivity contribution in [2.24, 2.45) is 0 Å². The van der Waals surface area contributed by atoms with Crippen molar-refractivity contribution in [1.29, 1.82) is 0 Å². The normalized spacial score (nSPS) is 11.0. The molecular formula is C26H16ClFN2O. The van der Waals surface area contributed by atoms with Crippen LogP contribution in [-0.2, 0) is 0 Å². The minimum absolute atomic E-state index is 0.204. The van der Waals surface area contributed by atoms with Crippen molar-refractivity contribution >= 4 is 22.5 Å². The Bertz CT molecular complexity index is 1460. The van der Waals surface area contributed by atoms with Crippen molar-refractivity contribution in [2.75, 3.05) is 0 Å². The molecule has 150 valence electrons. The molecule has 3 aromatic carbocycles. The number of H-pyrrole nitrogens is 1. The van der Waals surface area contributed by atoms with Crippen LogP contribution in [0.15, 0.2) is 95.8 Å². The molecular weight excluding hydrogens is 411 g/mol. The fourth-order valence-electron chi connectivity index (χ4n) is 3.60. The second kappa shape index (κ2) is 7.82. The summed E-state index contributed by atoms with van der Waals surface area (Å²) < 4.78 is 13.4. The number of aromatic nitrogens is 2. The second-order valence-electron chi connectivity index (χ2n) is 7.24. The third-order valence-electron chi connectivity index (χ3n) is 5.15. The Morgan fingerprint density at radius 1 is 0.742 bits per heavy atom. The molecule has 0 atom stereocenters. The third-order valence-corrected chi connectivity index (χ3v) is 5.39. The van der Waals surface area contributed by atoms with Crippen LogP contribution in [0.25, 0.3) is 44.5 Å². The molecule has 0 saturated heterocycles. The van der Waals surface area contributed by atoms with Gasteiger partial charge >= 0.3 is 0 Å². The van der Waals surface area contributed by atoms with Crippen LogP contribution in [0.3, 0.4) is 0 Å². The molecule has 2 heterocycles. The van der Waals surface area contributed by atoms with E-state index in [4.69, 9.17) is 16.6 Å². The number of fused-ring (bicyclic) bond motifs is 1. The predicted octanol–water partition coefficient (Wildman–Crippen LogP) is 6.72. The van der Waals surface area contributed by atoms with Gasteiger partial charge in [0.05, 0.1) is 11.4 Å². The lowest BCUT2D eigenvalue weighted by Gasteiger charge is -2.11. The Labute approximate surface area is 182 Å². The summed E-state index contributed by atoms with van der Waals surface area (Å²) >= 11 is 6.15. The van der Waals surface area contributed by atoms with Gasteiger partial charge in [0, 0.05) is 32.6 Å². The molecule has 0 amide bonds. The quantitative estimate of drug-likeness (QED) is 0.348. The van der Waals surface area contributed by atoms with Crippen molar-refractivity contribution < 1.29 is 4.39 Å². The number of nitrogens with one attached hydrogen (secondary N) is 1. The van der Waals surface area contributed by atoms with E-state index in [0.29, 0.717) is 21.8 Å². The second-order valence-corrected chi connectivity index (χ2v) is 7.68. The Morgan fingerprint density at radius 3 is 2.13 bits per heavy atom. The largest absolute Gasteiger partial charge is 0.321 e. The summed E-state index contributed by atoms with van der Waals surface area (Å²) in [5.74, 6) is -0.314. The Morgan fingerprint density at radius 2 is 1.42 bits per heavy atom. The first-order chi connectivity index (χ1) is 15.1. The Hall–Kier alpha value is -3.76. The SMILES string of the molecule is O=c1[nH]c2ccc(Cl)cc2cc1-c1cc(-c2ccccc2)nc(-c2ccc(F)cc2)c1. The maximum absolute atomic E-state index is 13.4. The molecule has 0 bridgehead atoms. The highest BCUT2D eigenvalue weighted by molar-refractivity contribution is 6.31. The van der Waals surface area contributed by atoms with Gasteiger partial charge in [-0.05, 0) is 66.2 Å². The van der Waals surface area contributed by atoms with Gasteiger partial charge in [-0.15, -0.1) is 0 Å². The fraction of sp³-hybridized carbons (Fsp3) is 0. The Balaban J connectivity index is 1.75. The van der Waals surface area contributed by atoms with Gasteiger partial charge < -0.3 is 4.98 Å². The van der Waals surface area contributed by atoms with Crippen molar-refractivity contribution in [3.63, 3.8) is 0 Å². The smallest absolute Gasteiger partial charge is 0.256 e. The van der Waals surface area contributed by atoms with Crippen LogP contribution in [0.1, 0.15) is 0 Å². The van der Waals surface area contributed by atoms with Gasteiger partial charge in [-0.2, -0.15) is 0 Å². The van der Waals surface area contributed by atoms with Gasteiger partial charge in [-0.1, -0.05) is 41.9 Å². The lowest BCUT2D eigenvalue weighted by atomic mass is 10.00. The molecule has 0 aliphatic rings.